The minimum absolute atomic E-state index is 0.00435. The van der Waals surface area contributed by atoms with Gasteiger partial charge in [-0.25, -0.2) is 0 Å². The number of rotatable bonds is 2. The maximum absolute atomic E-state index is 11.3. The summed E-state index contributed by atoms with van der Waals surface area (Å²) in [5.74, 6) is -0.155. The van der Waals surface area contributed by atoms with Crippen LogP contribution >= 0.6 is 0 Å². The fourth-order valence-corrected chi connectivity index (χ4v) is 2.11. The van der Waals surface area contributed by atoms with Gasteiger partial charge in [0.25, 0.3) is 5.69 Å². The van der Waals surface area contributed by atoms with E-state index in [4.69, 9.17) is 5.73 Å². The van der Waals surface area contributed by atoms with Gasteiger partial charge in [-0.1, -0.05) is 0 Å². The third kappa shape index (κ3) is 2.35. The first-order valence-corrected chi connectivity index (χ1v) is 5.38. The van der Waals surface area contributed by atoms with Crippen molar-refractivity contribution in [3.8, 4) is 0 Å². The highest BCUT2D eigenvalue weighted by atomic mass is 16.6. The molecule has 1 heterocycles. The fourth-order valence-electron chi connectivity index (χ4n) is 2.11. The Bertz CT molecular complexity index is 473. The van der Waals surface area contributed by atoms with Crippen LogP contribution in [0.2, 0.25) is 0 Å². The summed E-state index contributed by atoms with van der Waals surface area (Å²) in [6.45, 7) is 0.561. The first-order chi connectivity index (χ1) is 8.08. The molecule has 1 atom stereocenters. The van der Waals surface area contributed by atoms with Crippen molar-refractivity contribution in [1.29, 1.82) is 0 Å². The number of hydrogen-bond acceptors (Lipinski definition) is 4. The Balaban J connectivity index is 2.37. The highest BCUT2D eigenvalue weighted by Gasteiger charge is 2.26. The molecular formula is C11H13N3O3. The molecule has 3 N–H and O–H groups in total. The van der Waals surface area contributed by atoms with Crippen molar-refractivity contribution in [2.75, 3.05) is 12.3 Å². The number of nitro groups is 1. The minimum atomic E-state index is -0.446. The van der Waals surface area contributed by atoms with Crippen LogP contribution in [-0.2, 0) is 4.79 Å². The van der Waals surface area contributed by atoms with Crippen molar-refractivity contribution >= 4 is 17.3 Å². The number of nitrogen functional groups attached to an aromatic ring is 1. The zero-order valence-electron chi connectivity index (χ0n) is 9.18. The number of nitrogens with two attached hydrogens (primary N) is 1. The molecule has 1 aromatic rings. The van der Waals surface area contributed by atoms with Crippen LogP contribution in [0.25, 0.3) is 0 Å². The molecule has 0 radical (unpaired) electrons. The summed E-state index contributed by atoms with van der Waals surface area (Å²) in [5.41, 5.74) is 6.50. The van der Waals surface area contributed by atoms with E-state index >= 15 is 0 Å². The molecule has 2 rings (SSSR count). The maximum atomic E-state index is 11.3. The van der Waals surface area contributed by atoms with Crippen molar-refractivity contribution in [2.24, 2.45) is 0 Å². The van der Waals surface area contributed by atoms with Crippen LogP contribution in [0, 0.1) is 10.1 Å². The zero-order valence-corrected chi connectivity index (χ0v) is 9.18. The second-order valence-electron chi connectivity index (χ2n) is 4.12. The Kier molecular flexibility index (Phi) is 2.95. The minimum Gasteiger partial charge on any atom is -0.399 e. The second kappa shape index (κ2) is 4.40. The van der Waals surface area contributed by atoms with Crippen LogP contribution in [0.3, 0.4) is 0 Å². The SMILES string of the molecule is Nc1ccc([C@@H]2CCNC(=O)C2)c([N+](=O)[O-])c1. The molecule has 1 aliphatic rings. The standard InChI is InChI=1S/C11H13N3O3/c12-8-1-2-9(10(6-8)14(16)17)7-3-4-13-11(15)5-7/h1-2,6-7H,3-5,12H2,(H,13,15)/t7-/m1/s1. The van der Waals surface area contributed by atoms with Crippen molar-refractivity contribution in [1.82, 2.24) is 5.32 Å². The van der Waals surface area contributed by atoms with Crippen LogP contribution in [0.4, 0.5) is 11.4 Å². The van der Waals surface area contributed by atoms with Crippen LogP contribution in [0.1, 0.15) is 24.3 Å². The lowest BCUT2D eigenvalue weighted by atomic mass is 9.88. The number of nitrogens with zero attached hydrogens (tertiary/aromatic N) is 1. The topological polar surface area (TPSA) is 98.3 Å². The first kappa shape index (κ1) is 11.4. The van der Waals surface area contributed by atoms with Crippen molar-refractivity contribution < 1.29 is 9.72 Å². The summed E-state index contributed by atoms with van der Waals surface area (Å²) in [6.07, 6.45) is 1.02. The summed E-state index contributed by atoms with van der Waals surface area (Å²) in [6, 6.07) is 4.63. The van der Waals surface area contributed by atoms with Gasteiger partial charge < -0.3 is 11.1 Å². The van der Waals surface area contributed by atoms with Crippen LogP contribution in [0.15, 0.2) is 18.2 Å². The van der Waals surface area contributed by atoms with Crippen molar-refractivity contribution in [2.45, 2.75) is 18.8 Å². The van der Waals surface area contributed by atoms with E-state index in [-0.39, 0.29) is 17.5 Å². The number of nitrogens with one attached hydrogen (secondary N) is 1. The molecule has 1 saturated heterocycles. The quantitative estimate of drug-likeness (QED) is 0.456. The number of piperidine rings is 1. The molecule has 1 amide bonds. The Hall–Kier alpha value is -2.11. The van der Waals surface area contributed by atoms with E-state index in [0.29, 0.717) is 24.2 Å². The molecule has 0 unspecified atom stereocenters. The van der Waals surface area contributed by atoms with E-state index in [1.54, 1.807) is 12.1 Å². The van der Waals surface area contributed by atoms with E-state index in [2.05, 4.69) is 5.32 Å². The van der Waals surface area contributed by atoms with Gasteiger partial charge in [0.1, 0.15) is 0 Å². The summed E-state index contributed by atoms with van der Waals surface area (Å²) >= 11 is 0. The Morgan fingerprint density at radius 3 is 2.88 bits per heavy atom. The smallest absolute Gasteiger partial charge is 0.274 e. The largest absolute Gasteiger partial charge is 0.399 e. The van der Waals surface area contributed by atoms with E-state index in [9.17, 15) is 14.9 Å². The number of amides is 1. The molecule has 1 aliphatic heterocycles. The molecular weight excluding hydrogens is 222 g/mol. The Labute approximate surface area is 98.0 Å². The van der Waals surface area contributed by atoms with E-state index in [1.807, 2.05) is 0 Å². The van der Waals surface area contributed by atoms with E-state index < -0.39 is 4.92 Å². The van der Waals surface area contributed by atoms with Gasteiger partial charge >= 0.3 is 0 Å². The number of benzene rings is 1. The monoisotopic (exact) mass is 235 g/mol. The van der Waals surface area contributed by atoms with E-state index in [0.717, 1.165) is 6.42 Å². The van der Waals surface area contributed by atoms with E-state index in [1.165, 1.54) is 6.07 Å². The average Bonchev–Trinajstić information content (AvgIpc) is 2.28. The zero-order chi connectivity index (χ0) is 12.4. The molecule has 90 valence electrons. The Morgan fingerprint density at radius 2 is 2.24 bits per heavy atom. The molecule has 0 aromatic heterocycles. The summed E-state index contributed by atoms with van der Waals surface area (Å²) < 4.78 is 0. The van der Waals surface area contributed by atoms with Crippen LogP contribution in [-0.4, -0.2) is 17.4 Å². The molecule has 0 saturated carbocycles. The molecule has 0 bridgehead atoms. The number of carbonyl (C=O) groups is 1. The third-order valence-electron chi connectivity index (χ3n) is 2.94. The number of anilines is 1. The van der Waals surface area contributed by atoms with Gasteiger partial charge in [-0.05, 0) is 18.6 Å². The number of nitro benzene ring substituents is 1. The van der Waals surface area contributed by atoms with Crippen LogP contribution < -0.4 is 11.1 Å². The predicted octanol–water partition coefficient (Wildman–Crippen LogP) is 1.17. The molecule has 0 aliphatic carbocycles. The molecule has 6 nitrogen and oxygen atoms in total. The molecule has 1 fully saturated rings. The van der Waals surface area contributed by atoms with Gasteiger partial charge in [-0.3, -0.25) is 14.9 Å². The van der Waals surface area contributed by atoms with Gasteiger partial charge in [0, 0.05) is 36.2 Å². The number of hydrogen-bond donors (Lipinski definition) is 2. The van der Waals surface area contributed by atoms with Crippen molar-refractivity contribution in [3.63, 3.8) is 0 Å². The summed E-state index contributed by atoms with van der Waals surface area (Å²) in [4.78, 5) is 21.8. The molecule has 6 heteroatoms. The average molecular weight is 235 g/mol. The highest BCUT2D eigenvalue weighted by Crippen LogP contribution is 2.33. The van der Waals surface area contributed by atoms with Gasteiger partial charge in [0.2, 0.25) is 5.91 Å². The molecule has 17 heavy (non-hydrogen) atoms. The maximum Gasteiger partial charge on any atom is 0.274 e. The summed E-state index contributed by atoms with van der Waals surface area (Å²) in [5, 5.41) is 13.7. The van der Waals surface area contributed by atoms with Gasteiger partial charge in [-0.2, -0.15) is 0 Å². The summed E-state index contributed by atoms with van der Waals surface area (Å²) in [7, 11) is 0. The fraction of sp³-hybridized carbons (Fsp3) is 0.364. The van der Waals surface area contributed by atoms with Crippen LogP contribution in [0.5, 0.6) is 0 Å². The first-order valence-electron chi connectivity index (χ1n) is 5.38. The predicted molar refractivity (Wildman–Crippen MR) is 62.5 cm³/mol. The highest BCUT2D eigenvalue weighted by molar-refractivity contribution is 5.78. The van der Waals surface area contributed by atoms with Gasteiger partial charge in [0.05, 0.1) is 4.92 Å². The van der Waals surface area contributed by atoms with Crippen molar-refractivity contribution in [3.05, 3.63) is 33.9 Å². The molecule has 0 spiro atoms. The molecule has 1 aromatic carbocycles. The van der Waals surface area contributed by atoms with Gasteiger partial charge in [-0.15, -0.1) is 0 Å². The van der Waals surface area contributed by atoms with Gasteiger partial charge in [0.15, 0.2) is 0 Å². The lowest BCUT2D eigenvalue weighted by Crippen LogP contribution is -2.32. The lowest BCUT2D eigenvalue weighted by molar-refractivity contribution is -0.385. The third-order valence-corrected chi connectivity index (χ3v) is 2.94. The Morgan fingerprint density at radius 1 is 1.47 bits per heavy atom. The lowest BCUT2D eigenvalue weighted by Gasteiger charge is -2.22. The normalized spacial score (nSPS) is 19.8. The second-order valence-corrected chi connectivity index (χ2v) is 4.12. The number of carbonyl (C=O) groups excluding carboxylic acids is 1.